The molecule has 0 unspecified atom stereocenters. The van der Waals surface area contributed by atoms with Crippen LogP contribution < -0.4 is 5.73 Å². The lowest BCUT2D eigenvalue weighted by atomic mass is 10.0. The molecule has 1 saturated heterocycles. The fourth-order valence-corrected chi connectivity index (χ4v) is 2.72. The van der Waals surface area contributed by atoms with Crippen molar-refractivity contribution in [1.82, 2.24) is 14.8 Å². The average molecular weight is 276 g/mol. The summed E-state index contributed by atoms with van der Waals surface area (Å²) in [7, 11) is 1.85. The summed E-state index contributed by atoms with van der Waals surface area (Å²) in [6.07, 6.45) is 3.62. The molecule has 0 aromatic carbocycles. The Morgan fingerprint density at radius 3 is 2.65 bits per heavy atom. The van der Waals surface area contributed by atoms with E-state index in [0.29, 0.717) is 17.4 Å². The number of carbonyl (C=O) groups excluding carboxylic acids is 1. The molecule has 5 heteroatoms. The third kappa shape index (κ3) is 3.10. The van der Waals surface area contributed by atoms with Crippen LogP contribution in [-0.4, -0.2) is 52.9 Å². The molecule has 1 aliphatic heterocycles. The van der Waals surface area contributed by atoms with Gasteiger partial charge in [-0.2, -0.15) is 0 Å². The number of hydrogen-bond donors (Lipinski definition) is 1. The Morgan fingerprint density at radius 1 is 1.45 bits per heavy atom. The zero-order chi connectivity index (χ0) is 14.7. The first-order valence-electron chi connectivity index (χ1n) is 7.22. The van der Waals surface area contributed by atoms with Crippen LogP contribution in [0.1, 0.15) is 37.2 Å². The van der Waals surface area contributed by atoms with Crippen LogP contribution in [0.25, 0.3) is 0 Å². The molecule has 0 radical (unpaired) electrons. The zero-order valence-electron chi connectivity index (χ0n) is 12.5. The van der Waals surface area contributed by atoms with Gasteiger partial charge in [-0.1, -0.05) is 0 Å². The standard InChI is InChI=1S/C15H24N4O/c1-11(2)19-9-6-12(7-10-19)18(3)15(20)14-13(16)5-4-8-17-14/h4-5,8,11-12H,6-7,9-10,16H2,1-3H3. The molecule has 0 spiro atoms. The molecule has 0 atom stereocenters. The van der Waals surface area contributed by atoms with Crippen LogP contribution in [0, 0.1) is 0 Å². The van der Waals surface area contributed by atoms with E-state index in [-0.39, 0.29) is 11.9 Å². The number of amides is 1. The number of nitrogens with zero attached hydrogens (tertiary/aromatic N) is 3. The van der Waals surface area contributed by atoms with Gasteiger partial charge in [-0.3, -0.25) is 4.79 Å². The molecule has 0 aliphatic carbocycles. The number of pyridine rings is 1. The number of hydrogen-bond acceptors (Lipinski definition) is 4. The highest BCUT2D eigenvalue weighted by molar-refractivity contribution is 5.97. The fraction of sp³-hybridized carbons (Fsp3) is 0.600. The van der Waals surface area contributed by atoms with E-state index in [1.807, 2.05) is 7.05 Å². The van der Waals surface area contributed by atoms with Crippen molar-refractivity contribution < 1.29 is 4.79 Å². The number of carbonyl (C=O) groups is 1. The SMILES string of the molecule is CC(C)N1CCC(N(C)C(=O)c2ncccc2N)CC1. The van der Waals surface area contributed by atoms with Crippen molar-refractivity contribution in [3.63, 3.8) is 0 Å². The lowest BCUT2D eigenvalue weighted by Crippen LogP contribution is -2.47. The molecule has 110 valence electrons. The second kappa shape index (κ2) is 6.22. The van der Waals surface area contributed by atoms with Gasteiger partial charge in [-0.25, -0.2) is 4.98 Å². The van der Waals surface area contributed by atoms with Crippen LogP contribution in [0.15, 0.2) is 18.3 Å². The van der Waals surface area contributed by atoms with Crippen LogP contribution in [0.5, 0.6) is 0 Å². The Bertz CT molecular complexity index is 467. The van der Waals surface area contributed by atoms with Crippen LogP contribution in [0.4, 0.5) is 5.69 Å². The molecule has 0 bridgehead atoms. The molecule has 2 rings (SSSR count). The van der Waals surface area contributed by atoms with E-state index in [9.17, 15) is 4.79 Å². The highest BCUT2D eigenvalue weighted by atomic mass is 16.2. The second-order valence-electron chi connectivity index (χ2n) is 5.72. The van der Waals surface area contributed by atoms with Gasteiger partial charge >= 0.3 is 0 Å². The number of nitrogen functional groups attached to an aromatic ring is 1. The lowest BCUT2D eigenvalue weighted by molar-refractivity contribution is 0.0611. The maximum absolute atomic E-state index is 12.4. The molecule has 1 aliphatic rings. The van der Waals surface area contributed by atoms with Gasteiger partial charge in [-0.05, 0) is 38.8 Å². The molecule has 20 heavy (non-hydrogen) atoms. The van der Waals surface area contributed by atoms with E-state index in [2.05, 4.69) is 23.7 Å². The zero-order valence-corrected chi connectivity index (χ0v) is 12.5. The molecule has 1 fully saturated rings. The summed E-state index contributed by atoms with van der Waals surface area (Å²) in [5.41, 5.74) is 6.64. The van der Waals surface area contributed by atoms with Gasteiger partial charge in [0.1, 0.15) is 0 Å². The van der Waals surface area contributed by atoms with Gasteiger partial charge in [0.15, 0.2) is 5.69 Å². The second-order valence-corrected chi connectivity index (χ2v) is 5.72. The van der Waals surface area contributed by atoms with Gasteiger partial charge in [-0.15, -0.1) is 0 Å². The van der Waals surface area contributed by atoms with Gasteiger partial charge < -0.3 is 15.5 Å². The third-order valence-electron chi connectivity index (χ3n) is 4.14. The summed E-state index contributed by atoms with van der Waals surface area (Å²) in [5.74, 6) is -0.0777. The van der Waals surface area contributed by atoms with Gasteiger partial charge in [0.25, 0.3) is 5.91 Å². The monoisotopic (exact) mass is 276 g/mol. The Morgan fingerprint density at radius 2 is 2.10 bits per heavy atom. The van der Waals surface area contributed by atoms with Crippen molar-refractivity contribution in [1.29, 1.82) is 0 Å². The summed E-state index contributed by atoms with van der Waals surface area (Å²) in [4.78, 5) is 20.8. The Balaban J connectivity index is 2.00. The van der Waals surface area contributed by atoms with E-state index in [1.165, 1.54) is 0 Å². The van der Waals surface area contributed by atoms with Crippen LogP contribution in [-0.2, 0) is 0 Å². The van der Waals surface area contributed by atoms with Gasteiger partial charge in [0.2, 0.25) is 0 Å². The molecule has 2 heterocycles. The topological polar surface area (TPSA) is 62.5 Å². The Labute approximate surface area is 120 Å². The maximum Gasteiger partial charge on any atom is 0.274 e. The number of nitrogens with two attached hydrogens (primary N) is 1. The fourth-order valence-electron chi connectivity index (χ4n) is 2.72. The minimum atomic E-state index is -0.0777. The molecule has 2 N–H and O–H groups in total. The van der Waals surface area contributed by atoms with Gasteiger partial charge in [0.05, 0.1) is 5.69 Å². The summed E-state index contributed by atoms with van der Waals surface area (Å²) in [5, 5.41) is 0. The molecule has 0 saturated carbocycles. The summed E-state index contributed by atoms with van der Waals surface area (Å²) in [6.45, 7) is 6.50. The Kier molecular flexibility index (Phi) is 4.60. The van der Waals surface area contributed by atoms with Crippen molar-refractivity contribution in [3.05, 3.63) is 24.0 Å². The van der Waals surface area contributed by atoms with E-state index >= 15 is 0 Å². The number of piperidine rings is 1. The van der Waals surface area contributed by atoms with Crippen LogP contribution in [0.3, 0.4) is 0 Å². The smallest absolute Gasteiger partial charge is 0.274 e. The maximum atomic E-state index is 12.4. The van der Waals surface area contributed by atoms with Gasteiger partial charge in [0, 0.05) is 38.4 Å². The van der Waals surface area contributed by atoms with Crippen LogP contribution >= 0.6 is 0 Å². The minimum absolute atomic E-state index is 0.0777. The number of rotatable bonds is 3. The predicted octanol–water partition coefficient (Wildman–Crippen LogP) is 1.61. The first-order valence-corrected chi connectivity index (χ1v) is 7.22. The largest absolute Gasteiger partial charge is 0.397 e. The first-order chi connectivity index (χ1) is 9.50. The number of anilines is 1. The summed E-state index contributed by atoms with van der Waals surface area (Å²) < 4.78 is 0. The first kappa shape index (κ1) is 14.8. The van der Waals surface area contributed by atoms with Crippen molar-refractivity contribution in [2.45, 2.75) is 38.8 Å². The van der Waals surface area contributed by atoms with Crippen molar-refractivity contribution in [2.75, 3.05) is 25.9 Å². The summed E-state index contributed by atoms with van der Waals surface area (Å²) in [6, 6.07) is 4.31. The number of likely N-dealkylation sites (tertiary alicyclic amines) is 1. The summed E-state index contributed by atoms with van der Waals surface area (Å²) >= 11 is 0. The molecule has 1 aromatic rings. The average Bonchev–Trinajstić information content (AvgIpc) is 2.46. The molecular formula is C15H24N4O. The molecular weight excluding hydrogens is 252 g/mol. The Hall–Kier alpha value is -1.62. The quantitative estimate of drug-likeness (QED) is 0.911. The number of aromatic nitrogens is 1. The van der Waals surface area contributed by atoms with E-state index in [0.717, 1.165) is 25.9 Å². The molecule has 5 nitrogen and oxygen atoms in total. The minimum Gasteiger partial charge on any atom is -0.397 e. The third-order valence-corrected chi connectivity index (χ3v) is 4.14. The highest BCUT2D eigenvalue weighted by Crippen LogP contribution is 2.20. The highest BCUT2D eigenvalue weighted by Gasteiger charge is 2.27. The van der Waals surface area contributed by atoms with Crippen LogP contribution in [0.2, 0.25) is 0 Å². The predicted molar refractivity (Wildman–Crippen MR) is 80.5 cm³/mol. The normalized spacial score (nSPS) is 17.4. The van der Waals surface area contributed by atoms with Crippen molar-refractivity contribution >= 4 is 11.6 Å². The molecule has 1 amide bonds. The van der Waals surface area contributed by atoms with E-state index in [4.69, 9.17) is 5.73 Å². The van der Waals surface area contributed by atoms with E-state index < -0.39 is 0 Å². The van der Waals surface area contributed by atoms with Crippen molar-refractivity contribution in [3.8, 4) is 0 Å². The van der Waals surface area contributed by atoms with E-state index in [1.54, 1.807) is 23.2 Å². The lowest BCUT2D eigenvalue weighted by Gasteiger charge is -2.38. The van der Waals surface area contributed by atoms with Crippen molar-refractivity contribution in [2.24, 2.45) is 0 Å². The molecule has 1 aromatic heterocycles.